The average Bonchev–Trinajstić information content (AvgIpc) is 3.73. The van der Waals surface area contributed by atoms with Crippen LogP contribution in [0.1, 0.15) is 107 Å². The summed E-state index contributed by atoms with van der Waals surface area (Å²) in [5, 5.41) is 2.71. The van der Waals surface area contributed by atoms with Crippen molar-refractivity contribution in [3.63, 3.8) is 0 Å². The first-order chi connectivity index (χ1) is 26.4. The van der Waals surface area contributed by atoms with E-state index >= 15 is 0 Å². The van der Waals surface area contributed by atoms with Gasteiger partial charge in [-0.05, 0) is 86.6 Å². The summed E-state index contributed by atoms with van der Waals surface area (Å²) >= 11 is 0. The molecule has 0 radical (unpaired) electrons. The van der Waals surface area contributed by atoms with Crippen molar-refractivity contribution in [2.24, 2.45) is 0 Å². The summed E-state index contributed by atoms with van der Waals surface area (Å²) in [6, 6.07) is 42.6. The monoisotopic (exact) mass is 731 g/mol. The van der Waals surface area contributed by atoms with E-state index in [1.54, 1.807) is 0 Å². The molecule has 7 rings (SSSR count). The van der Waals surface area contributed by atoms with Crippen molar-refractivity contribution >= 4 is 27.9 Å². The lowest BCUT2D eigenvalue weighted by Crippen LogP contribution is -2.29. The summed E-state index contributed by atoms with van der Waals surface area (Å²) in [7, 11) is 4.11. The lowest BCUT2D eigenvalue weighted by atomic mass is 9.81. The lowest BCUT2D eigenvalue weighted by Gasteiger charge is -2.27. The third-order valence-corrected chi connectivity index (χ3v) is 8.61. The molecule has 5 aromatic carbocycles. The molecular weight excluding hydrogens is 657 g/mol. The highest BCUT2D eigenvalue weighted by molar-refractivity contribution is 6.07. The Labute approximate surface area is 331 Å². The van der Waals surface area contributed by atoms with Gasteiger partial charge in [-0.1, -0.05) is 186 Å². The Balaban J connectivity index is 0.000000802. The minimum Gasteiger partial charge on any atom is -0.492 e. The zero-order valence-electron chi connectivity index (χ0n) is 36.8. The Hall–Kier alpha value is -4.60. The molecule has 0 unspecified atom stereocenters. The largest absolute Gasteiger partial charge is 0.492 e. The van der Waals surface area contributed by atoms with Crippen LogP contribution in [0.5, 0.6) is 5.75 Å². The fourth-order valence-corrected chi connectivity index (χ4v) is 5.97. The molecule has 1 aliphatic rings. The molecule has 0 atom stereocenters. The molecule has 0 saturated heterocycles. The first kappa shape index (κ1) is 49.4. The number of para-hydroxylation sites is 2. The van der Waals surface area contributed by atoms with Gasteiger partial charge in [0.25, 0.3) is 0 Å². The van der Waals surface area contributed by atoms with Gasteiger partial charge in [-0.3, -0.25) is 0 Å². The van der Waals surface area contributed by atoms with E-state index in [2.05, 4.69) is 148 Å². The van der Waals surface area contributed by atoms with Crippen molar-refractivity contribution < 1.29 is 4.74 Å². The molecule has 0 amide bonds. The van der Waals surface area contributed by atoms with E-state index in [4.69, 9.17) is 4.74 Å². The predicted molar refractivity (Wildman–Crippen MR) is 246 cm³/mol. The van der Waals surface area contributed by atoms with E-state index in [-0.39, 0.29) is 5.41 Å². The van der Waals surface area contributed by atoms with Gasteiger partial charge in [0.2, 0.25) is 0 Å². The Bertz CT molecular complexity index is 1750. The molecule has 0 spiro atoms. The summed E-state index contributed by atoms with van der Waals surface area (Å²) in [5.41, 5.74) is 8.96. The van der Waals surface area contributed by atoms with Crippen molar-refractivity contribution in [1.29, 1.82) is 0 Å². The van der Waals surface area contributed by atoms with E-state index in [0.29, 0.717) is 6.61 Å². The number of fused-ring (bicyclic) bond motifs is 6. The van der Waals surface area contributed by atoms with E-state index in [9.17, 15) is 0 Å². The van der Waals surface area contributed by atoms with Crippen LogP contribution in [0, 0.1) is 0 Å². The normalized spacial score (nSPS) is 10.7. The van der Waals surface area contributed by atoms with E-state index < -0.39 is 0 Å². The van der Waals surface area contributed by atoms with Crippen LogP contribution >= 0.6 is 0 Å². The molecule has 0 fully saturated rings. The standard InChI is InChI=1S/C23H20O.C14H13N.C4H11N.5C2H6/c1-3-17-12-14-18(15-13-17)24-16-23(2)21-10-6-4-8-19(21)20-9-5-7-11-22(20)23;1-2-15-13-9-5-3-7-11(13)12-8-4-6-10-14(12)15;1-4-5(2)3;5*1-2/h3-15H,1,16H2,2H3;3-10H,2H2,1H3;4H2,1-3H3;5*1-2H3. The van der Waals surface area contributed by atoms with Gasteiger partial charge in [-0.25, -0.2) is 0 Å². The first-order valence-corrected chi connectivity index (χ1v) is 20.6. The fraction of sp³-hybridized carbons (Fsp3) is 0.373. The molecule has 1 aliphatic carbocycles. The minimum absolute atomic E-state index is 0.135. The molecule has 1 aromatic heterocycles. The van der Waals surface area contributed by atoms with Gasteiger partial charge in [-0.2, -0.15) is 0 Å². The van der Waals surface area contributed by atoms with Gasteiger partial charge in [-0.15, -0.1) is 0 Å². The summed E-state index contributed by atoms with van der Waals surface area (Å²) in [6.45, 7) is 33.2. The smallest absolute Gasteiger partial charge is 0.119 e. The van der Waals surface area contributed by atoms with Gasteiger partial charge in [0, 0.05) is 28.4 Å². The van der Waals surface area contributed by atoms with Crippen LogP contribution < -0.4 is 4.74 Å². The highest BCUT2D eigenvalue weighted by Crippen LogP contribution is 2.48. The number of hydrogen-bond donors (Lipinski definition) is 0. The number of ether oxygens (including phenoxy) is 1. The van der Waals surface area contributed by atoms with Crippen LogP contribution in [0.25, 0.3) is 39.0 Å². The van der Waals surface area contributed by atoms with Crippen LogP contribution in [0.3, 0.4) is 0 Å². The maximum absolute atomic E-state index is 6.17. The van der Waals surface area contributed by atoms with E-state index in [1.807, 2.05) is 99.6 Å². The second-order valence-electron chi connectivity index (χ2n) is 11.7. The van der Waals surface area contributed by atoms with Crippen LogP contribution in [0.4, 0.5) is 0 Å². The van der Waals surface area contributed by atoms with Crippen molar-refractivity contribution in [3.8, 4) is 16.9 Å². The number of benzene rings is 5. The van der Waals surface area contributed by atoms with Crippen molar-refractivity contribution in [2.45, 2.75) is 102 Å². The summed E-state index contributed by atoms with van der Waals surface area (Å²) < 4.78 is 8.54. The van der Waals surface area contributed by atoms with Gasteiger partial charge in [0.15, 0.2) is 0 Å². The van der Waals surface area contributed by atoms with Crippen molar-refractivity contribution in [3.05, 3.63) is 145 Å². The molecule has 3 nitrogen and oxygen atoms in total. The number of aromatic nitrogens is 1. The lowest BCUT2D eigenvalue weighted by molar-refractivity contribution is 0.256. The second-order valence-corrected chi connectivity index (χ2v) is 11.7. The molecule has 294 valence electrons. The first-order valence-electron chi connectivity index (χ1n) is 20.6. The molecule has 0 bridgehead atoms. The molecule has 0 N–H and O–H groups in total. The third-order valence-electron chi connectivity index (χ3n) is 8.61. The van der Waals surface area contributed by atoms with Crippen LogP contribution in [0.2, 0.25) is 0 Å². The Morgan fingerprint density at radius 3 is 1.31 bits per heavy atom. The third kappa shape index (κ3) is 12.8. The SMILES string of the molecule is C=Cc1ccc(OCC2(C)c3ccccc3-c3ccccc32)cc1.CC.CC.CC.CC.CC.CCN(C)C.CCn1c2ccccc2c2ccccc21. The van der Waals surface area contributed by atoms with Crippen LogP contribution in [-0.4, -0.2) is 36.7 Å². The number of nitrogens with zero attached hydrogens (tertiary/aromatic N) is 2. The average molecular weight is 731 g/mol. The Morgan fingerprint density at radius 1 is 0.574 bits per heavy atom. The zero-order chi connectivity index (χ0) is 41.1. The minimum atomic E-state index is -0.135. The number of rotatable bonds is 6. The van der Waals surface area contributed by atoms with Gasteiger partial charge < -0.3 is 14.2 Å². The Kier molecular flexibility index (Phi) is 25.5. The van der Waals surface area contributed by atoms with Crippen LogP contribution in [-0.2, 0) is 12.0 Å². The van der Waals surface area contributed by atoms with Gasteiger partial charge >= 0.3 is 0 Å². The summed E-state index contributed by atoms with van der Waals surface area (Å²) in [5.74, 6) is 0.892. The number of hydrogen-bond acceptors (Lipinski definition) is 2. The highest BCUT2D eigenvalue weighted by atomic mass is 16.5. The van der Waals surface area contributed by atoms with Gasteiger partial charge in [0.05, 0.1) is 5.41 Å². The Morgan fingerprint density at radius 2 is 0.944 bits per heavy atom. The molecule has 3 heteroatoms. The summed E-state index contributed by atoms with van der Waals surface area (Å²) in [6.07, 6.45) is 1.84. The van der Waals surface area contributed by atoms with Crippen LogP contribution in [0.15, 0.2) is 128 Å². The molecule has 0 aliphatic heterocycles. The van der Waals surface area contributed by atoms with Crippen molar-refractivity contribution in [1.82, 2.24) is 9.47 Å². The van der Waals surface area contributed by atoms with E-state index in [0.717, 1.165) is 24.4 Å². The van der Waals surface area contributed by atoms with E-state index in [1.165, 1.54) is 44.1 Å². The zero-order valence-corrected chi connectivity index (χ0v) is 36.8. The molecule has 1 heterocycles. The highest BCUT2D eigenvalue weighted by Gasteiger charge is 2.39. The fourth-order valence-electron chi connectivity index (χ4n) is 5.97. The molecule has 54 heavy (non-hydrogen) atoms. The molecule has 6 aromatic rings. The molecule has 0 saturated carbocycles. The quantitative estimate of drug-likeness (QED) is 0.170. The maximum atomic E-state index is 6.17. The summed E-state index contributed by atoms with van der Waals surface area (Å²) in [4.78, 5) is 2.12. The maximum Gasteiger partial charge on any atom is 0.119 e. The topological polar surface area (TPSA) is 17.4 Å². The molecular formula is C51H74N2O. The second kappa shape index (κ2) is 27.9. The number of aryl methyl sites for hydroxylation is 1. The van der Waals surface area contributed by atoms with Gasteiger partial charge in [0.1, 0.15) is 12.4 Å². The van der Waals surface area contributed by atoms with Crippen molar-refractivity contribution in [2.75, 3.05) is 27.2 Å². The predicted octanol–water partition coefficient (Wildman–Crippen LogP) is 15.2.